The normalized spacial score (nSPS) is 22.0. The first-order valence-electron chi connectivity index (χ1n) is 5.55. The Hall–Kier alpha value is -1.77. The van der Waals surface area contributed by atoms with E-state index in [1.165, 1.54) is 23.6 Å². The molecule has 1 N–H and O–H groups in total. The fourth-order valence-electron chi connectivity index (χ4n) is 1.99. The van der Waals surface area contributed by atoms with Crippen LogP contribution in [-0.2, 0) is 10.5 Å². The quantitative estimate of drug-likeness (QED) is 0.907. The van der Waals surface area contributed by atoms with Crippen LogP contribution in [0.25, 0.3) is 5.65 Å². The van der Waals surface area contributed by atoms with Crippen LogP contribution in [-0.4, -0.2) is 21.7 Å². The van der Waals surface area contributed by atoms with E-state index >= 15 is 0 Å². The van der Waals surface area contributed by atoms with Gasteiger partial charge < -0.3 is 4.74 Å². The summed E-state index contributed by atoms with van der Waals surface area (Å²) in [7, 11) is 0. The van der Waals surface area contributed by atoms with E-state index in [4.69, 9.17) is 4.74 Å². The molecule has 0 saturated carbocycles. The summed E-state index contributed by atoms with van der Waals surface area (Å²) in [5.74, 6) is -1.25. The van der Waals surface area contributed by atoms with Gasteiger partial charge in [0.2, 0.25) is 5.72 Å². The Morgan fingerprint density at radius 3 is 2.90 bits per heavy atom. The van der Waals surface area contributed by atoms with E-state index in [1.807, 2.05) is 0 Å². The second-order valence-corrected chi connectivity index (χ2v) is 5.26. The summed E-state index contributed by atoms with van der Waals surface area (Å²) < 4.78 is 45.9. The molecule has 3 heterocycles. The number of nitrogens with one attached hydrogen (secondary N) is 1. The van der Waals surface area contributed by atoms with Crippen molar-refractivity contribution in [1.82, 2.24) is 14.8 Å². The molecule has 3 rings (SSSR count). The number of ether oxygens (including phenoxy) is 1. The number of imidazole rings is 1. The molecule has 1 aliphatic heterocycles. The Labute approximate surface area is 119 Å². The van der Waals surface area contributed by atoms with Gasteiger partial charge in [-0.15, -0.1) is 5.10 Å². The van der Waals surface area contributed by atoms with E-state index < -0.39 is 23.9 Å². The van der Waals surface area contributed by atoms with Crippen molar-refractivity contribution in [2.24, 2.45) is 5.10 Å². The number of nitrogens with zero attached hydrogens (tertiary/aromatic N) is 3. The minimum absolute atomic E-state index is 0.0697. The van der Waals surface area contributed by atoms with Crippen molar-refractivity contribution in [3.8, 4) is 0 Å². The molecule has 0 radical (unpaired) electrons. The average Bonchev–Trinajstić information content (AvgIpc) is 2.93. The number of alkyl halides is 2. The number of aromatic nitrogens is 2. The number of hydrogen-bond acceptors (Lipinski definition) is 4. The van der Waals surface area contributed by atoms with Gasteiger partial charge in [-0.1, -0.05) is 0 Å². The maximum Gasteiger partial charge on any atom is 0.314 e. The smallest absolute Gasteiger partial charge is 0.314 e. The van der Waals surface area contributed by atoms with E-state index in [0.29, 0.717) is 10.2 Å². The molecular weight excluding hydrogens is 341 g/mol. The number of halogens is 4. The summed E-state index contributed by atoms with van der Waals surface area (Å²) in [5, 5.41) is 3.44. The minimum atomic E-state index is -2.83. The summed E-state index contributed by atoms with van der Waals surface area (Å²) in [6.07, 6.45) is 0.0890. The standard InChI is InChI=1S/C11H8BrF3N4O/c1-11(18-17-10(20-11)8(14)15)7-3-16-9-6(13)2-5(12)4-19(7)9/h2-4,8,18H,1H3. The molecule has 0 aromatic carbocycles. The Morgan fingerprint density at radius 1 is 1.50 bits per heavy atom. The Bertz CT molecular complexity index is 717. The van der Waals surface area contributed by atoms with Gasteiger partial charge in [0, 0.05) is 17.6 Å². The summed E-state index contributed by atoms with van der Waals surface area (Å²) in [5.41, 5.74) is 1.57. The van der Waals surface area contributed by atoms with Gasteiger partial charge in [0.1, 0.15) is 5.69 Å². The van der Waals surface area contributed by atoms with Crippen LogP contribution < -0.4 is 5.43 Å². The fraction of sp³-hybridized carbons (Fsp3) is 0.273. The van der Waals surface area contributed by atoms with Gasteiger partial charge in [0.15, 0.2) is 11.5 Å². The lowest BCUT2D eigenvalue weighted by molar-refractivity contribution is 0.0409. The van der Waals surface area contributed by atoms with E-state index in [1.54, 1.807) is 6.20 Å². The second-order valence-electron chi connectivity index (χ2n) is 4.34. The zero-order valence-electron chi connectivity index (χ0n) is 10.1. The Morgan fingerprint density at radius 2 is 2.25 bits per heavy atom. The zero-order chi connectivity index (χ0) is 14.5. The van der Waals surface area contributed by atoms with Crippen LogP contribution >= 0.6 is 15.9 Å². The van der Waals surface area contributed by atoms with Gasteiger partial charge in [-0.25, -0.2) is 9.37 Å². The largest absolute Gasteiger partial charge is 0.442 e. The molecule has 1 atom stereocenters. The number of rotatable bonds is 2. The molecule has 2 aromatic heterocycles. The average molecular weight is 349 g/mol. The number of pyridine rings is 1. The molecule has 0 bridgehead atoms. The van der Waals surface area contributed by atoms with Crippen molar-refractivity contribution >= 4 is 27.5 Å². The van der Waals surface area contributed by atoms with E-state index in [0.717, 1.165) is 0 Å². The highest BCUT2D eigenvalue weighted by atomic mass is 79.9. The Balaban J connectivity index is 2.08. The fourth-order valence-corrected chi connectivity index (χ4v) is 2.39. The third-order valence-corrected chi connectivity index (χ3v) is 3.32. The van der Waals surface area contributed by atoms with Crippen LogP contribution in [0, 0.1) is 5.82 Å². The maximum atomic E-state index is 13.8. The summed E-state index contributed by atoms with van der Waals surface area (Å²) in [6.45, 7) is 1.51. The van der Waals surface area contributed by atoms with Gasteiger partial charge in [-0.05, 0) is 22.0 Å². The summed E-state index contributed by atoms with van der Waals surface area (Å²) in [4.78, 5) is 3.93. The van der Waals surface area contributed by atoms with Crippen LogP contribution in [0.3, 0.4) is 0 Å². The molecule has 5 nitrogen and oxygen atoms in total. The lowest BCUT2D eigenvalue weighted by atomic mass is 10.2. The van der Waals surface area contributed by atoms with Crippen molar-refractivity contribution in [3.63, 3.8) is 0 Å². The molecular formula is C11H8BrF3N4O. The number of fused-ring (bicyclic) bond motifs is 1. The second kappa shape index (κ2) is 4.37. The summed E-state index contributed by atoms with van der Waals surface area (Å²) in [6, 6.07) is 1.26. The summed E-state index contributed by atoms with van der Waals surface area (Å²) >= 11 is 3.16. The molecule has 0 spiro atoms. The molecule has 1 aliphatic rings. The lowest BCUT2D eigenvalue weighted by Gasteiger charge is -2.23. The number of hydrazone groups is 1. The molecule has 0 fully saturated rings. The number of hydrogen-bond donors (Lipinski definition) is 1. The van der Waals surface area contributed by atoms with Crippen LogP contribution in [0.4, 0.5) is 13.2 Å². The van der Waals surface area contributed by atoms with Gasteiger partial charge in [0.05, 0.1) is 6.20 Å². The van der Waals surface area contributed by atoms with Gasteiger partial charge >= 0.3 is 6.43 Å². The highest BCUT2D eigenvalue weighted by Gasteiger charge is 2.40. The van der Waals surface area contributed by atoms with Crippen molar-refractivity contribution in [1.29, 1.82) is 0 Å². The topological polar surface area (TPSA) is 50.9 Å². The third kappa shape index (κ3) is 1.92. The van der Waals surface area contributed by atoms with Crippen LogP contribution in [0.15, 0.2) is 28.0 Å². The maximum absolute atomic E-state index is 13.8. The van der Waals surface area contributed by atoms with Crippen LogP contribution in [0.1, 0.15) is 12.6 Å². The molecule has 0 amide bonds. The molecule has 0 aliphatic carbocycles. The predicted molar refractivity (Wildman–Crippen MR) is 67.9 cm³/mol. The van der Waals surface area contributed by atoms with Crippen molar-refractivity contribution in [2.75, 3.05) is 0 Å². The van der Waals surface area contributed by atoms with Crippen molar-refractivity contribution in [2.45, 2.75) is 19.1 Å². The first-order chi connectivity index (χ1) is 9.40. The predicted octanol–water partition coefficient (Wildman–Crippen LogP) is 2.61. The van der Waals surface area contributed by atoms with Crippen LogP contribution in [0.2, 0.25) is 0 Å². The lowest BCUT2D eigenvalue weighted by Crippen LogP contribution is -2.36. The highest BCUT2D eigenvalue weighted by molar-refractivity contribution is 9.10. The van der Waals surface area contributed by atoms with E-state index in [2.05, 4.69) is 31.4 Å². The van der Waals surface area contributed by atoms with Gasteiger partial charge in [-0.2, -0.15) is 8.78 Å². The zero-order valence-corrected chi connectivity index (χ0v) is 11.7. The first kappa shape index (κ1) is 13.2. The molecule has 1 unspecified atom stereocenters. The molecule has 9 heteroatoms. The third-order valence-electron chi connectivity index (χ3n) is 2.89. The monoisotopic (exact) mass is 348 g/mol. The van der Waals surface area contributed by atoms with E-state index in [9.17, 15) is 13.2 Å². The van der Waals surface area contributed by atoms with Gasteiger partial charge in [0.25, 0.3) is 5.90 Å². The SMILES string of the molecule is CC1(c2cnc3c(F)cc(Br)cn23)NN=C(C(F)F)O1. The molecule has 106 valence electrons. The van der Waals surface area contributed by atoms with E-state index in [-0.39, 0.29) is 5.65 Å². The van der Waals surface area contributed by atoms with Crippen LogP contribution in [0.5, 0.6) is 0 Å². The molecule has 20 heavy (non-hydrogen) atoms. The highest BCUT2D eigenvalue weighted by Crippen LogP contribution is 2.30. The Kier molecular flexibility index (Phi) is 2.89. The first-order valence-corrected chi connectivity index (χ1v) is 6.34. The minimum Gasteiger partial charge on any atom is -0.442 e. The van der Waals surface area contributed by atoms with Crippen molar-refractivity contribution < 1.29 is 17.9 Å². The molecule has 0 saturated heterocycles. The molecule has 2 aromatic rings. The van der Waals surface area contributed by atoms with Gasteiger partial charge in [-0.3, -0.25) is 9.83 Å². The van der Waals surface area contributed by atoms with Crippen molar-refractivity contribution in [3.05, 3.63) is 34.4 Å².